The fourth-order valence-electron chi connectivity index (χ4n) is 2.84. The van der Waals surface area contributed by atoms with Gasteiger partial charge >= 0.3 is 0 Å². The first-order valence-corrected chi connectivity index (χ1v) is 7.40. The Bertz CT molecular complexity index is 465. The second kappa shape index (κ2) is 5.57. The van der Waals surface area contributed by atoms with Crippen LogP contribution in [0, 0.1) is 0 Å². The molecule has 0 saturated carbocycles. The molecule has 2 rings (SSSR count). The zero-order valence-electron chi connectivity index (χ0n) is 12.7. The quantitative estimate of drug-likeness (QED) is 0.901. The maximum atomic E-state index is 12.8. The molecule has 1 aliphatic heterocycles. The Morgan fingerprint density at radius 2 is 1.85 bits per heavy atom. The number of rotatable bonds is 2. The number of aliphatic hydroxyl groups is 1. The summed E-state index contributed by atoms with van der Waals surface area (Å²) in [6.45, 7) is 7.21. The summed E-state index contributed by atoms with van der Waals surface area (Å²) in [6, 6.07) is 9.92. The average molecular weight is 275 g/mol. The van der Waals surface area contributed by atoms with Crippen molar-refractivity contribution in [2.75, 3.05) is 13.1 Å². The van der Waals surface area contributed by atoms with E-state index < -0.39 is 11.0 Å². The van der Waals surface area contributed by atoms with E-state index in [1.807, 2.05) is 56.0 Å². The van der Waals surface area contributed by atoms with Crippen LogP contribution in [0.15, 0.2) is 30.3 Å². The molecule has 1 fully saturated rings. The molecular formula is C17H25NO2. The highest BCUT2D eigenvalue weighted by molar-refractivity contribution is 5.87. The lowest BCUT2D eigenvalue weighted by atomic mass is 9.83. The van der Waals surface area contributed by atoms with Gasteiger partial charge in [0.1, 0.15) is 0 Å². The molecular weight excluding hydrogens is 250 g/mol. The van der Waals surface area contributed by atoms with Gasteiger partial charge in [0.05, 0.1) is 11.0 Å². The van der Waals surface area contributed by atoms with E-state index in [9.17, 15) is 9.90 Å². The highest BCUT2D eigenvalue weighted by Gasteiger charge is 2.35. The van der Waals surface area contributed by atoms with Crippen LogP contribution >= 0.6 is 0 Å². The summed E-state index contributed by atoms with van der Waals surface area (Å²) in [6.07, 6.45) is 2.29. The fourth-order valence-corrected chi connectivity index (χ4v) is 2.84. The molecule has 1 aromatic carbocycles. The van der Waals surface area contributed by atoms with Crippen LogP contribution in [-0.2, 0) is 10.2 Å². The van der Waals surface area contributed by atoms with Gasteiger partial charge in [0.2, 0.25) is 5.91 Å². The molecule has 3 nitrogen and oxygen atoms in total. The number of carbonyl (C=O) groups excluding carboxylic acids is 1. The van der Waals surface area contributed by atoms with E-state index in [1.165, 1.54) is 0 Å². The van der Waals surface area contributed by atoms with Crippen molar-refractivity contribution in [1.82, 2.24) is 4.90 Å². The van der Waals surface area contributed by atoms with Crippen molar-refractivity contribution < 1.29 is 9.90 Å². The second-order valence-electron chi connectivity index (χ2n) is 6.63. The molecule has 1 amide bonds. The Morgan fingerprint density at radius 1 is 1.20 bits per heavy atom. The normalized spacial score (nSPS) is 24.3. The molecule has 0 radical (unpaired) electrons. The van der Waals surface area contributed by atoms with Crippen molar-refractivity contribution in [3.8, 4) is 0 Å². The predicted octanol–water partition coefficient (Wildman–Crippen LogP) is 2.73. The molecule has 20 heavy (non-hydrogen) atoms. The van der Waals surface area contributed by atoms with Gasteiger partial charge in [-0.15, -0.1) is 0 Å². The summed E-state index contributed by atoms with van der Waals surface area (Å²) < 4.78 is 0. The molecule has 0 spiro atoms. The molecule has 1 heterocycles. The average Bonchev–Trinajstić information content (AvgIpc) is 2.60. The minimum Gasteiger partial charge on any atom is -0.390 e. The molecule has 1 aromatic rings. The number of amides is 1. The smallest absolute Gasteiger partial charge is 0.232 e. The minimum atomic E-state index is -0.633. The number of nitrogens with zero attached hydrogens (tertiary/aromatic N) is 1. The summed E-state index contributed by atoms with van der Waals surface area (Å²) in [5, 5.41) is 10.1. The maximum absolute atomic E-state index is 12.8. The van der Waals surface area contributed by atoms with E-state index in [-0.39, 0.29) is 5.91 Å². The fraction of sp³-hybridized carbons (Fsp3) is 0.588. The van der Waals surface area contributed by atoms with Gasteiger partial charge in [0, 0.05) is 13.1 Å². The van der Waals surface area contributed by atoms with Gasteiger partial charge in [-0.25, -0.2) is 0 Å². The first-order valence-electron chi connectivity index (χ1n) is 7.40. The van der Waals surface area contributed by atoms with E-state index in [1.54, 1.807) is 0 Å². The number of likely N-dealkylation sites (tertiary alicyclic amines) is 1. The van der Waals surface area contributed by atoms with E-state index in [4.69, 9.17) is 0 Å². The van der Waals surface area contributed by atoms with Crippen LogP contribution in [0.1, 0.15) is 45.6 Å². The lowest BCUT2D eigenvalue weighted by Gasteiger charge is -2.32. The zero-order chi connectivity index (χ0) is 14.8. The Labute approximate surface area is 121 Å². The largest absolute Gasteiger partial charge is 0.390 e. The third-order valence-corrected chi connectivity index (χ3v) is 4.38. The summed E-state index contributed by atoms with van der Waals surface area (Å²) in [5.41, 5.74) is -0.107. The van der Waals surface area contributed by atoms with Crippen LogP contribution in [0.3, 0.4) is 0 Å². The lowest BCUT2D eigenvalue weighted by Crippen LogP contribution is -2.44. The summed E-state index contributed by atoms with van der Waals surface area (Å²) in [7, 11) is 0. The first kappa shape index (κ1) is 15.0. The molecule has 1 saturated heterocycles. The molecule has 0 aromatic heterocycles. The monoisotopic (exact) mass is 275 g/mol. The van der Waals surface area contributed by atoms with Crippen LogP contribution in [0.25, 0.3) is 0 Å². The van der Waals surface area contributed by atoms with Crippen LogP contribution in [-0.4, -0.2) is 34.6 Å². The topological polar surface area (TPSA) is 40.5 Å². The van der Waals surface area contributed by atoms with Crippen molar-refractivity contribution in [3.63, 3.8) is 0 Å². The van der Waals surface area contributed by atoms with Crippen molar-refractivity contribution in [3.05, 3.63) is 35.9 Å². The summed E-state index contributed by atoms with van der Waals surface area (Å²) in [5.74, 6) is 0.154. The highest BCUT2D eigenvalue weighted by atomic mass is 16.3. The summed E-state index contributed by atoms with van der Waals surface area (Å²) in [4.78, 5) is 14.7. The molecule has 110 valence electrons. The third-order valence-electron chi connectivity index (χ3n) is 4.38. The molecule has 1 N–H and O–H groups in total. The molecule has 3 heteroatoms. The minimum absolute atomic E-state index is 0.154. The van der Waals surface area contributed by atoms with Crippen molar-refractivity contribution >= 4 is 5.91 Å². The third kappa shape index (κ3) is 3.21. The van der Waals surface area contributed by atoms with Crippen LogP contribution in [0.4, 0.5) is 0 Å². The van der Waals surface area contributed by atoms with E-state index in [0.717, 1.165) is 24.9 Å². The van der Waals surface area contributed by atoms with Gasteiger partial charge in [0.15, 0.2) is 0 Å². The van der Waals surface area contributed by atoms with E-state index >= 15 is 0 Å². The molecule has 1 unspecified atom stereocenters. The molecule has 1 atom stereocenters. The second-order valence-corrected chi connectivity index (χ2v) is 6.63. The number of hydrogen-bond acceptors (Lipinski definition) is 2. The Kier molecular flexibility index (Phi) is 4.19. The van der Waals surface area contributed by atoms with Gasteiger partial charge < -0.3 is 10.0 Å². The van der Waals surface area contributed by atoms with Crippen molar-refractivity contribution in [2.24, 2.45) is 0 Å². The Morgan fingerprint density at radius 3 is 2.50 bits per heavy atom. The van der Waals surface area contributed by atoms with Crippen LogP contribution < -0.4 is 0 Å². The molecule has 0 aliphatic carbocycles. The van der Waals surface area contributed by atoms with Gasteiger partial charge in [-0.1, -0.05) is 30.3 Å². The van der Waals surface area contributed by atoms with Gasteiger partial charge in [-0.2, -0.15) is 0 Å². The Balaban J connectivity index is 2.14. The van der Waals surface area contributed by atoms with Gasteiger partial charge in [-0.05, 0) is 45.6 Å². The van der Waals surface area contributed by atoms with E-state index in [0.29, 0.717) is 13.0 Å². The lowest BCUT2D eigenvalue weighted by molar-refractivity contribution is -0.136. The Hall–Kier alpha value is -1.35. The number of benzene rings is 1. The number of hydrogen-bond donors (Lipinski definition) is 1. The van der Waals surface area contributed by atoms with Gasteiger partial charge in [-0.3, -0.25) is 4.79 Å². The van der Waals surface area contributed by atoms with Gasteiger partial charge in [0.25, 0.3) is 0 Å². The van der Waals surface area contributed by atoms with Crippen LogP contribution in [0.2, 0.25) is 0 Å². The maximum Gasteiger partial charge on any atom is 0.232 e. The van der Waals surface area contributed by atoms with Crippen molar-refractivity contribution in [2.45, 2.75) is 51.0 Å². The molecule has 1 aliphatic rings. The van der Waals surface area contributed by atoms with Crippen LogP contribution in [0.5, 0.6) is 0 Å². The van der Waals surface area contributed by atoms with E-state index in [2.05, 4.69) is 0 Å². The summed E-state index contributed by atoms with van der Waals surface area (Å²) >= 11 is 0. The molecule has 0 bridgehead atoms. The van der Waals surface area contributed by atoms with Crippen molar-refractivity contribution in [1.29, 1.82) is 0 Å². The highest BCUT2D eigenvalue weighted by Crippen LogP contribution is 2.28. The predicted molar refractivity (Wildman–Crippen MR) is 80.5 cm³/mol. The SMILES string of the molecule is CC1(O)CCCN(C(=O)C(C)(C)c2ccccc2)CC1. The number of carbonyl (C=O) groups is 1. The standard InChI is InChI=1S/C17H25NO2/c1-16(2,14-8-5-4-6-9-14)15(19)18-12-7-10-17(3,20)11-13-18/h4-6,8-9,20H,7,10-13H2,1-3H3. The first-order chi connectivity index (χ1) is 9.33. The zero-order valence-corrected chi connectivity index (χ0v) is 12.7.